The van der Waals surface area contributed by atoms with Crippen molar-refractivity contribution in [3.8, 4) is 11.3 Å². The van der Waals surface area contributed by atoms with Crippen molar-refractivity contribution in [2.75, 3.05) is 0 Å². The van der Waals surface area contributed by atoms with Crippen LogP contribution in [0.2, 0.25) is 0 Å². The van der Waals surface area contributed by atoms with Gasteiger partial charge in [-0.2, -0.15) is 0 Å². The average Bonchev–Trinajstić information content (AvgIpc) is 3.43. The molecule has 0 aliphatic heterocycles. The Morgan fingerprint density at radius 2 is 1.42 bits per heavy atom. The first-order valence-corrected chi connectivity index (χ1v) is 15.6. The first-order chi connectivity index (χ1) is 21.2. The monoisotopic (exact) mass is 778 g/mol. The first-order valence-electron chi connectivity index (χ1n) is 15.6. The number of hydrogen-bond donors (Lipinski definition) is 1. The van der Waals surface area contributed by atoms with Gasteiger partial charge in [-0.05, 0) is 48.6 Å². The number of aliphatic hydroxyl groups is 1. The third-order valence-electron chi connectivity index (χ3n) is 9.70. The van der Waals surface area contributed by atoms with Gasteiger partial charge in [0.2, 0.25) is 5.71 Å². The number of aliphatic hydroxyl groups excluding tert-OH is 1. The molecule has 6 rings (SSSR count). The molecular formula is C39H41IrN2O3-. The third kappa shape index (κ3) is 6.59. The van der Waals surface area contributed by atoms with E-state index in [2.05, 4.69) is 58.5 Å². The van der Waals surface area contributed by atoms with Crippen LogP contribution in [0.3, 0.4) is 0 Å². The van der Waals surface area contributed by atoms with Crippen molar-refractivity contribution in [1.82, 2.24) is 9.97 Å². The van der Waals surface area contributed by atoms with Gasteiger partial charge in [-0.1, -0.05) is 95.5 Å². The predicted molar refractivity (Wildman–Crippen MR) is 182 cm³/mol. The fourth-order valence-corrected chi connectivity index (χ4v) is 5.52. The van der Waals surface area contributed by atoms with E-state index in [0.29, 0.717) is 5.71 Å². The molecular weight excluding hydrogens is 737 g/mol. The van der Waals surface area contributed by atoms with Gasteiger partial charge in [0.05, 0.1) is 0 Å². The van der Waals surface area contributed by atoms with Gasteiger partial charge in [0, 0.05) is 53.5 Å². The van der Waals surface area contributed by atoms with E-state index in [1.165, 1.54) is 11.5 Å². The second kappa shape index (κ2) is 14.1. The molecule has 6 aromatic rings. The molecule has 0 atom stereocenters. The van der Waals surface area contributed by atoms with Gasteiger partial charge < -0.3 is 9.52 Å². The van der Waals surface area contributed by atoms with Crippen molar-refractivity contribution in [3.05, 3.63) is 97.0 Å². The number of hydrogen-bond acceptors (Lipinski definition) is 5. The van der Waals surface area contributed by atoms with Gasteiger partial charge in [-0.15, -0.1) is 29.1 Å². The molecule has 0 amide bonds. The number of fused-ring (bicyclic) bond motifs is 5. The normalized spacial score (nSPS) is 12.3. The SMILES string of the molecule is CCC(C)(CC)C(=O)/C=C(\O)C(C)(CC)CC.[Ir].[c-]1ccc2ccccc2c1-c1ncnc2oc3cc4ccccc4cc3c12. The second-order valence-electron chi connectivity index (χ2n) is 12.1. The van der Waals surface area contributed by atoms with Crippen molar-refractivity contribution in [1.29, 1.82) is 0 Å². The largest absolute Gasteiger partial charge is 0.512 e. The van der Waals surface area contributed by atoms with E-state index >= 15 is 0 Å². The third-order valence-corrected chi connectivity index (χ3v) is 9.70. The Morgan fingerprint density at radius 3 is 2.07 bits per heavy atom. The molecule has 0 unspecified atom stereocenters. The molecule has 45 heavy (non-hydrogen) atoms. The molecule has 0 aliphatic carbocycles. The molecule has 0 aliphatic rings. The van der Waals surface area contributed by atoms with Crippen LogP contribution in [0.25, 0.3) is 54.9 Å². The number of carbonyl (C=O) groups is 1. The minimum atomic E-state index is -0.337. The first kappa shape index (κ1) is 34.0. The van der Waals surface area contributed by atoms with Crippen LogP contribution in [0.1, 0.15) is 67.2 Å². The molecule has 5 nitrogen and oxygen atoms in total. The number of allylic oxidation sites excluding steroid dienone is 2. The second-order valence-corrected chi connectivity index (χ2v) is 12.1. The van der Waals surface area contributed by atoms with Crippen LogP contribution in [-0.4, -0.2) is 20.9 Å². The van der Waals surface area contributed by atoms with Crippen LogP contribution in [0, 0.1) is 16.9 Å². The predicted octanol–water partition coefficient (Wildman–Crippen LogP) is 10.8. The summed E-state index contributed by atoms with van der Waals surface area (Å²) < 4.78 is 6.07. The minimum absolute atomic E-state index is 0. The Labute approximate surface area is 279 Å². The Bertz CT molecular complexity index is 1980. The number of aromatic nitrogens is 2. The van der Waals surface area contributed by atoms with Gasteiger partial charge >= 0.3 is 0 Å². The summed E-state index contributed by atoms with van der Waals surface area (Å²) in [5.41, 5.74) is 2.65. The van der Waals surface area contributed by atoms with E-state index in [-0.39, 0.29) is 42.5 Å². The molecule has 1 N–H and O–H groups in total. The van der Waals surface area contributed by atoms with E-state index in [1.54, 1.807) is 6.33 Å². The zero-order chi connectivity index (χ0) is 31.5. The number of carbonyl (C=O) groups excluding carboxylic acids is 1. The number of benzene rings is 4. The van der Waals surface area contributed by atoms with Crippen LogP contribution in [0.15, 0.2) is 95.4 Å². The molecule has 0 spiro atoms. The molecule has 235 valence electrons. The molecule has 1 radical (unpaired) electrons. The summed E-state index contributed by atoms with van der Waals surface area (Å²) >= 11 is 0. The number of nitrogens with zero attached hydrogens (tertiary/aromatic N) is 2. The summed E-state index contributed by atoms with van der Waals surface area (Å²) in [7, 11) is 0. The summed E-state index contributed by atoms with van der Waals surface area (Å²) in [6.07, 6.45) is 6.32. The van der Waals surface area contributed by atoms with Gasteiger partial charge in [-0.3, -0.25) is 9.78 Å². The fraction of sp³-hybridized carbons (Fsp3) is 0.308. The molecule has 0 saturated carbocycles. The van der Waals surface area contributed by atoms with Crippen LogP contribution in [0.4, 0.5) is 0 Å². The summed E-state index contributed by atoms with van der Waals surface area (Å²) in [4.78, 5) is 21.2. The van der Waals surface area contributed by atoms with E-state index < -0.39 is 0 Å². The molecule has 2 heterocycles. The Kier molecular flexibility index (Phi) is 10.6. The van der Waals surface area contributed by atoms with E-state index in [9.17, 15) is 9.90 Å². The summed E-state index contributed by atoms with van der Waals surface area (Å²) in [6.45, 7) is 12.1. The van der Waals surface area contributed by atoms with Crippen molar-refractivity contribution < 1.29 is 34.4 Å². The summed E-state index contributed by atoms with van der Waals surface area (Å²) in [5, 5.41) is 16.7. The molecule has 4 aromatic carbocycles. The number of ketones is 1. The maximum atomic E-state index is 12.2. The molecule has 6 heteroatoms. The van der Waals surface area contributed by atoms with Crippen molar-refractivity contribution >= 4 is 49.4 Å². The molecule has 0 bridgehead atoms. The standard InChI is InChI=1S/C24H13N2O.C15H28O2.Ir/c1-2-8-17-13-21-20(12-16(17)7-1)22-23(25-14-26-24(22)27-21)19-11-5-9-15-6-3-4-10-18(15)19;1-7-14(5,8-2)12(16)11-13(17)15(6,9-3)10-4;/h1-10,12-14H;11,16H,7-10H2,1-6H3;/q-1;;/b;12-11-;. The fourth-order valence-electron chi connectivity index (χ4n) is 5.52. The minimum Gasteiger partial charge on any atom is -0.512 e. The summed E-state index contributed by atoms with van der Waals surface area (Å²) in [6, 6.07) is 28.2. The zero-order valence-corrected chi connectivity index (χ0v) is 29.3. The maximum Gasteiger partial charge on any atom is 0.221 e. The summed E-state index contributed by atoms with van der Waals surface area (Å²) in [5.74, 6) is 0.286. The van der Waals surface area contributed by atoms with E-state index in [1.807, 2.05) is 71.9 Å². The molecule has 0 fully saturated rings. The van der Waals surface area contributed by atoms with E-state index in [4.69, 9.17) is 4.42 Å². The topological polar surface area (TPSA) is 76.2 Å². The van der Waals surface area contributed by atoms with Crippen molar-refractivity contribution in [3.63, 3.8) is 0 Å². The van der Waals surface area contributed by atoms with Crippen molar-refractivity contribution in [2.24, 2.45) is 10.8 Å². The molecule has 0 saturated heterocycles. The quantitative estimate of drug-likeness (QED) is 0.0946. The zero-order valence-electron chi connectivity index (χ0n) is 26.9. The number of rotatable bonds is 8. The average molecular weight is 778 g/mol. The van der Waals surface area contributed by atoms with E-state index in [0.717, 1.165) is 69.5 Å². The van der Waals surface area contributed by atoms with Crippen molar-refractivity contribution in [2.45, 2.75) is 67.2 Å². The van der Waals surface area contributed by atoms with Crippen LogP contribution in [0.5, 0.6) is 0 Å². The molecule has 2 aromatic heterocycles. The Morgan fingerprint density at radius 1 is 0.822 bits per heavy atom. The Balaban J connectivity index is 0.000000226. The maximum absolute atomic E-state index is 12.2. The van der Waals surface area contributed by atoms with Gasteiger partial charge in [0.25, 0.3) is 0 Å². The van der Waals surface area contributed by atoms with Crippen LogP contribution < -0.4 is 0 Å². The van der Waals surface area contributed by atoms with Gasteiger partial charge in [0.1, 0.15) is 17.7 Å². The smallest absolute Gasteiger partial charge is 0.221 e. The Hall–Kier alpha value is -3.86. The number of furan rings is 1. The van der Waals surface area contributed by atoms with Crippen LogP contribution in [-0.2, 0) is 24.9 Å². The van der Waals surface area contributed by atoms with Crippen LogP contribution >= 0.6 is 0 Å². The van der Waals surface area contributed by atoms with Gasteiger partial charge in [-0.25, -0.2) is 4.98 Å². The van der Waals surface area contributed by atoms with Gasteiger partial charge in [0.15, 0.2) is 5.78 Å².